The molecule has 1 saturated heterocycles. The molecule has 5 rings (SSSR count). The molecule has 7 nitrogen and oxygen atoms in total. The van der Waals surface area contributed by atoms with Gasteiger partial charge >= 0.3 is 0 Å². The van der Waals surface area contributed by atoms with Gasteiger partial charge in [-0.1, -0.05) is 24.6 Å². The van der Waals surface area contributed by atoms with Crippen LogP contribution in [0.2, 0.25) is 5.02 Å². The zero-order valence-electron chi connectivity index (χ0n) is 17.3. The first kappa shape index (κ1) is 21.4. The predicted octanol–water partition coefficient (Wildman–Crippen LogP) is 4.42. The van der Waals surface area contributed by atoms with Gasteiger partial charge < -0.3 is 9.88 Å². The number of nitrogens with one attached hydrogen (secondary N) is 1. The summed E-state index contributed by atoms with van der Waals surface area (Å²) in [5, 5.41) is 2.37. The minimum Gasteiger partial charge on any atom is -0.357 e. The maximum absolute atomic E-state index is 13.2. The largest absolute Gasteiger partial charge is 0.357 e. The summed E-state index contributed by atoms with van der Waals surface area (Å²) in [5.74, 6) is -0.201. The number of benzene rings is 1. The average molecular weight is 489 g/mol. The number of H-pyrrole nitrogens is 1. The molecule has 166 valence electrons. The lowest BCUT2D eigenvalue weighted by Gasteiger charge is -2.37. The molecule has 1 amide bonds. The van der Waals surface area contributed by atoms with Crippen molar-refractivity contribution < 1.29 is 13.2 Å². The second kappa shape index (κ2) is 8.15. The first-order valence-corrected chi connectivity index (χ1v) is 12.9. The average Bonchev–Trinajstić information content (AvgIpc) is 3.39. The van der Waals surface area contributed by atoms with Crippen molar-refractivity contribution in [2.45, 2.75) is 23.6 Å². The molecule has 1 N–H and O–H groups in total. The quantitative estimate of drug-likeness (QED) is 0.450. The summed E-state index contributed by atoms with van der Waals surface area (Å²) in [6, 6.07) is 10.7. The van der Waals surface area contributed by atoms with Crippen LogP contribution in [-0.2, 0) is 14.8 Å². The number of carbonyl (C=O) groups is 1. The number of sulfonamides is 1. The molecule has 0 radical (unpaired) electrons. The smallest absolute Gasteiger partial charge is 0.253 e. The van der Waals surface area contributed by atoms with Gasteiger partial charge in [-0.15, -0.1) is 11.3 Å². The summed E-state index contributed by atoms with van der Waals surface area (Å²) in [7, 11) is -3.77. The van der Waals surface area contributed by atoms with Crippen molar-refractivity contribution in [1.82, 2.24) is 19.2 Å². The highest BCUT2D eigenvalue weighted by Crippen LogP contribution is 2.34. The van der Waals surface area contributed by atoms with Crippen molar-refractivity contribution in [3.05, 3.63) is 59.5 Å². The molecule has 0 bridgehead atoms. The Hall–Kier alpha value is -2.46. The van der Waals surface area contributed by atoms with Gasteiger partial charge in [-0.25, -0.2) is 8.42 Å². The van der Waals surface area contributed by atoms with Crippen LogP contribution in [0.4, 0.5) is 0 Å². The number of aromatic amines is 1. The van der Waals surface area contributed by atoms with Crippen LogP contribution in [0, 0.1) is 0 Å². The number of fused-ring (bicyclic) bond motifs is 2. The zero-order chi connectivity index (χ0) is 22.5. The highest BCUT2D eigenvalue weighted by atomic mass is 35.5. The van der Waals surface area contributed by atoms with E-state index < -0.39 is 10.0 Å². The predicted molar refractivity (Wildman–Crippen MR) is 126 cm³/mol. The highest BCUT2D eigenvalue weighted by molar-refractivity contribution is 7.91. The summed E-state index contributed by atoms with van der Waals surface area (Å²) in [6.45, 7) is 2.44. The third-order valence-corrected chi connectivity index (χ3v) is 9.47. The molecule has 0 spiro atoms. The molecule has 10 heteroatoms. The molecule has 1 aliphatic heterocycles. The second-order valence-corrected chi connectivity index (χ2v) is 11.5. The minimum absolute atomic E-state index is 0.147. The van der Waals surface area contributed by atoms with E-state index in [1.807, 2.05) is 19.1 Å². The molecule has 0 saturated carbocycles. The van der Waals surface area contributed by atoms with E-state index >= 15 is 0 Å². The molecule has 0 aliphatic carbocycles. The lowest BCUT2D eigenvalue weighted by atomic mass is 10.1. The normalized spacial score (nSPS) is 16.8. The van der Waals surface area contributed by atoms with Gasteiger partial charge in [0.05, 0.1) is 12.6 Å². The number of thiophene rings is 1. The fourth-order valence-electron chi connectivity index (χ4n) is 4.22. The number of pyridine rings is 1. The number of rotatable bonds is 5. The number of amides is 1. The van der Waals surface area contributed by atoms with Gasteiger partial charge in [0, 0.05) is 51.8 Å². The first-order chi connectivity index (χ1) is 15.4. The number of halogens is 1. The Morgan fingerprint density at radius 1 is 1.19 bits per heavy atom. The third kappa shape index (κ3) is 3.69. The lowest BCUT2D eigenvalue weighted by Crippen LogP contribution is -2.52. The molecule has 1 unspecified atom stereocenters. The van der Waals surface area contributed by atoms with Gasteiger partial charge in [-0.3, -0.25) is 9.78 Å². The van der Waals surface area contributed by atoms with E-state index in [4.69, 9.17) is 11.6 Å². The Morgan fingerprint density at radius 2 is 2.03 bits per heavy atom. The van der Waals surface area contributed by atoms with Crippen LogP contribution in [0.25, 0.3) is 21.0 Å². The third-order valence-electron chi connectivity index (χ3n) is 5.84. The van der Waals surface area contributed by atoms with Crippen LogP contribution in [0.3, 0.4) is 0 Å². The minimum atomic E-state index is -3.77. The van der Waals surface area contributed by atoms with Crippen molar-refractivity contribution in [1.29, 1.82) is 0 Å². The van der Waals surface area contributed by atoms with Crippen molar-refractivity contribution in [3.8, 4) is 0 Å². The Morgan fingerprint density at radius 3 is 2.78 bits per heavy atom. The molecule has 4 aromatic rings. The van der Waals surface area contributed by atoms with Crippen LogP contribution in [0.5, 0.6) is 0 Å². The Kier molecular flexibility index (Phi) is 5.45. The second-order valence-electron chi connectivity index (χ2n) is 7.78. The maximum Gasteiger partial charge on any atom is 0.253 e. The molecule has 32 heavy (non-hydrogen) atoms. The van der Waals surface area contributed by atoms with Crippen LogP contribution in [0.15, 0.2) is 53.0 Å². The standard InChI is InChI=1S/C22H21ClN4O3S2/c1-2-19(18-9-15-12-24-6-5-17(15)25-18)27-8-7-26(13-21(27)28)32(29,30)22-10-14-3-4-16(23)11-20(14)31-22/h3-6,9-12,19,25H,2,7-8,13H2,1H3. The van der Waals surface area contributed by atoms with Crippen LogP contribution >= 0.6 is 22.9 Å². The monoisotopic (exact) mass is 488 g/mol. The zero-order valence-corrected chi connectivity index (χ0v) is 19.7. The van der Waals surface area contributed by atoms with E-state index in [0.717, 1.165) is 33.1 Å². The summed E-state index contributed by atoms with van der Waals surface area (Å²) < 4.78 is 28.8. The fraction of sp³-hybridized carbons (Fsp3) is 0.273. The van der Waals surface area contributed by atoms with Crippen molar-refractivity contribution in [3.63, 3.8) is 0 Å². The van der Waals surface area contributed by atoms with Gasteiger partial charge in [-0.05, 0) is 42.1 Å². The molecule has 1 fully saturated rings. The molecule has 4 heterocycles. The van der Waals surface area contributed by atoms with Crippen molar-refractivity contribution in [2.24, 2.45) is 0 Å². The lowest BCUT2D eigenvalue weighted by molar-refractivity contribution is -0.137. The maximum atomic E-state index is 13.2. The van der Waals surface area contributed by atoms with Crippen molar-refractivity contribution >= 4 is 59.9 Å². The van der Waals surface area contributed by atoms with Gasteiger partial charge in [0.2, 0.25) is 5.91 Å². The molecule has 1 atom stereocenters. The van der Waals surface area contributed by atoms with E-state index in [0.29, 0.717) is 11.6 Å². The van der Waals surface area contributed by atoms with E-state index in [-0.39, 0.29) is 29.2 Å². The van der Waals surface area contributed by atoms with E-state index in [9.17, 15) is 13.2 Å². The molecular formula is C22H21ClN4O3S2. The summed E-state index contributed by atoms with van der Waals surface area (Å²) in [4.78, 5) is 22.4. The van der Waals surface area contributed by atoms with Crippen LogP contribution in [0.1, 0.15) is 25.1 Å². The van der Waals surface area contributed by atoms with Crippen molar-refractivity contribution in [2.75, 3.05) is 19.6 Å². The van der Waals surface area contributed by atoms with E-state index in [1.165, 1.54) is 15.6 Å². The molecule has 3 aromatic heterocycles. The summed E-state index contributed by atoms with van der Waals surface area (Å²) >= 11 is 7.21. The SMILES string of the molecule is CCC(c1cc2cnccc2[nH]1)N1CCN(S(=O)(=O)c2cc3ccc(Cl)cc3s2)CC1=O. The number of carbonyl (C=O) groups excluding carboxylic acids is 1. The topological polar surface area (TPSA) is 86.4 Å². The van der Waals surface area contributed by atoms with Gasteiger partial charge in [0.1, 0.15) is 4.21 Å². The number of hydrogen-bond donors (Lipinski definition) is 1. The fourth-order valence-corrected chi connectivity index (χ4v) is 7.43. The van der Waals surface area contributed by atoms with Gasteiger partial charge in [0.25, 0.3) is 10.0 Å². The highest BCUT2D eigenvalue weighted by Gasteiger charge is 2.36. The number of aromatic nitrogens is 2. The van der Waals surface area contributed by atoms with Crippen LogP contribution in [-0.4, -0.2) is 53.1 Å². The number of hydrogen-bond acceptors (Lipinski definition) is 5. The molecule has 1 aromatic carbocycles. The summed E-state index contributed by atoms with van der Waals surface area (Å²) in [5.41, 5.74) is 1.90. The van der Waals surface area contributed by atoms with Gasteiger partial charge in [0.15, 0.2) is 0 Å². The number of nitrogens with zero attached hydrogens (tertiary/aromatic N) is 3. The Bertz CT molecular complexity index is 1400. The Labute approximate surface area is 194 Å². The van der Waals surface area contributed by atoms with E-state index in [1.54, 1.807) is 41.6 Å². The van der Waals surface area contributed by atoms with Gasteiger partial charge in [-0.2, -0.15) is 4.31 Å². The molecular weight excluding hydrogens is 468 g/mol. The number of piperazine rings is 1. The van der Waals surface area contributed by atoms with Crippen LogP contribution < -0.4 is 0 Å². The first-order valence-electron chi connectivity index (χ1n) is 10.3. The van der Waals surface area contributed by atoms with E-state index in [2.05, 4.69) is 9.97 Å². The molecule has 1 aliphatic rings. The summed E-state index contributed by atoms with van der Waals surface area (Å²) in [6.07, 6.45) is 4.22. The Balaban J connectivity index is 1.38.